The highest BCUT2D eigenvalue weighted by Crippen LogP contribution is 2.38. The van der Waals surface area contributed by atoms with Gasteiger partial charge in [0, 0.05) is 12.0 Å². The molecule has 0 atom stereocenters. The van der Waals surface area contributed by atoms with E-state index < -0.39 is 0 Å². The smallest absolute Gasteiger partial charge is 0.162 e. The van der Waals surface area contributed by atoms with Crippen molar-refractivity contribution in [3.63, 3.8) is 0 Å². The average Bonchev–Trinajstić information content (AvgIpc) is 2.68. The van der Waals surface area contributed by atoms with Crippen molar-refractivity contribution >= 4 is 5.78 Å². The lowest BCUT2D eigenvalue weighted by Crippen LogP contribution is -2.13. The van der Waals surface area contributed by atoms with Gasteiger partial charge in [-0.2, -0.15) is 0 Å². The molecule has 0 bridgehead atoms. The Morgan fingerprint density at radius 2 is 1.40 bits per heavy atom. The van der Waals surface area contributed by atoms with Crippen molar-refractivity contribution in [2.75, 3.05) is 0 Å². The number of benzene rings is 2. The third-order valence-corrected chi connectivity index (χ3v) is 5.79. The lowest BCUT2D eigenvalue weighted by Gasteiger charge is -2.28. The molecule has 1 saturated carbocycles. The summed E-state index contributed by atoms with van der Waals surface area (Å²) >= 11 is 0. The molecule has 0 amide bonds. The van der Waals surface area contributed by atoms with Gasteiger partial charge in [0.25, 0.3) is 0 Å². The zero-order valence-corrected chi connectivity index (χ0v) is 15.6. The van der Waals surface area contributed by atoms with Crippen LogP contribution in [-0.4, -0.2) is 5.78 Å². The van der Waals surface area contributed by atoms with Crippen LogP contribution in [0.2, 0.25) is 0 Å². The standard InChI is InChI=1S/C24H30O/c1-3-5-18-6-8-19(9-7-18)20-10-12-21(13-11-20)22-14-16-23(17-15-22)24(25)4-2/h10-19H,3-9H2,1-2H3. The normalized spacial score (nSPS) is 20.4. The molecule has 0 unspecified atom stereocenters. The number of carbonyl (C=O) groups excluding carboxylic acids is 1. The molecule has 1 nitrogen and oxygen atoms in total. The van der Waals surface area contributed by atoms with Crippen LogP contribution in [0.1, 0.15) is 80.6 Å². The zero-order valence-electron chi connectivity index (χ0n) is 15.6. The van der Waals surface area contributed by atoms with E-state index >= 15 is 0 Å². The Kier molecular flexibility index (Phi) is 6.07. The maximum atomic E-state index is 11.7. The number of hydrogen-bond donors (Lipinski definition) is 0. The van der Waals surface area contributed by atoms with Gasteiger partial charge in [-0.15, -0.1) is 0 Å². The fourth-order valence-electron chi connectivity index (χ4n) is 4.19. The summed E-state index contributed by atoms with van der Waals surface area (Å²) in [5, 5.41) is 0. The second kappa shape index (κ2) is 8.47. The van der Waals surface area contributed by atoms with Crippen LogP contribution in [-0.2, 0) is 0 Å². The monoisotopic (exact) mass is 334 g/mol. The second-order valence-electron chi connectivity index (χ2n) is 7.48. The van der Waals surface area contributed by atoms with Crippen molar-refractivity contribution in [3.05, 3.63) is 59.7 Å². The van der Waals surface area contributed by atoms with Crippen LogP contribution in [0.25, 0.3) is 11.1 Å². The summed E-state index contributed by atoms with van der Waals surface area (Å²) < 4.78 is 0. The van der Waals surface area contributed by atoms with Gasteiger partial charge in [-0.05, 0) is 54.2 Å². The van der Waals surface area contributed by atoms with E-state index in [-0.39, 0.29) is 5.78 Å². The van der Waals surface area contributed by atoms with Crippen LogP contribution in [0, 0.1) is 5.92 Å². The van der Waals surface area contributed by atoms with Gasteiger partial charge >= 0.3 is 0 Å². The third kappa shape index (κ3) is 4.39. The van der Waals surface area contributed by atoms with Crippen molar-refractivity contribution in [2.45, 2.75) is 64.7 Å². The maximum absolute atomic E-state index is 11.7. The molecule has 1 aliphatic carbocycles. The van der Waals surface area contributed by atoms with E-state index in [9.17, 15) is 4.79 Å². The van der Waals surface area contributed by atoms with E-state index in [0.29, 0.717) is 6.42 Å². The number of ketones is 1. The SMILES string of the molecule is CCCC1CCC(c2ccc(-c3ccc(C(=O)CC)cc3)cc2)CC1. The van der Waals surface area contributed by atoms with Crippen molar-refractivity contribution < 1.29 is 4.79 Å². The molecule has 0 saturated heterocycles. The van der Waals surface area contributed by atoms with E-state index in [4.69, 9.17) is 0 Å². The minimum atomic E-state index is 0.209. The molecule has 2 aromatic carbocycles. The van der Waals surface area contributed by atoms with Crippen LogP contribution in [0.5, 0.6) is 0 Å². The summed E-state index contributed by atoms with van der Waals surface area (Å²) in [6.07, 6.45) is 8.78. The fourth-order valence-corrected chi connectivity index (χ4v) is 4.19. The lowest BCUT2D eigenvalue weighted by molar-refractivity contribution is 0.0988. The van der Waals surface area contributed by atoms with Crippen molar-refractivity contribution in [2.24, 2.45) is 5.92 Å². The van der Waals surface area contributed by atoms with Gasteiger partial charge in [-0.3, -0.25) is 4.79 Å². The molecule has 25 heavy (non-hydrogen) atoms. The second-order valence-corrected chi connectivity index (χ2v) is 7.48. The van der Waals surface area contributed by atoms with Crippen molar-refractivity contribution in [1.29, 1.82) is 0 Å². The number of hydrogen-bond acceptors (Lipinski definition) is 1. The molecule has 0 aliphatic heterocycles. The highest BCUT2D eigenvalue weighted by atomic mass is 16.1. The van der Waals surface area contributed by atoms with Crippen LogP contribution >= 0.6 is 0 Å². The molecule has 0 radical (unpaired) electrons. The third-order valence-electron chi connectivity index (χ3n) is 5.79. The highest BCUT2D eigenvalue weighted by Gasteiger charge is 2.21. The van der Waals surface area contributed by atoms with Crippen LogP contribution in [0.15, 0.2) is 48.5 Å². The van der Waals surface area contributed by atoms with Crippen LogP contribution < -0.4 is 0 Å². The highest BCUT2D eigenvalue weighted by molar-refractivity contribution is 5.96. The summed E-state index contributed by atoms with van der Waals surface area (Å²) in [5.74, 6) is 1.91. The molecule has 2 aromatic rings. The largest absolute Gasteiger partial charge is 0.294 e. The van der Waals surface area contributed by atoms with Crippen molar-refractivity contribution in [3.8, 4) is 11.1 Å². The lowest BCUT2D eigenvalue weighted by atomic mass is 9.77. The first kappa shape index (κ1) is 17.9. The summed E-state index contributed by atoms with van der Waals surface area (Å²) in [6.45, 7) is 4.21. The molecular formula is C24H30O. The zero-order chi connectivity index (χ0) is 17.6. The Morgan fingerprint density at radius 1 is 0.840 bits per heavy atom. The topological polar surface area (TPSA) is 17.1 Å². The summed E-state index contributed by atoms with van der Waals surface area (Å²) in [7, 11) is 0. The Morgan fingerprint density at radius 3 is 1.92 bits per heavy atom. The molecular weight excluding hydrogens is 304 g/mol. The number of rotatable bonds is 6. The summed E-state index contributed by atoms with van der Waals surface area (Å²) in [4.78, 5) is 11.7. The molecule has 0 spiro atoms. The molecule has 1 aliphatic rings. The first-order valence-electron chi connectivity index (χ1n) is 9.94. The van der Waals surface area contributed by atoms with E-state index in [0.717, 1.165) is 17.4 Å². The Balaban J connectivity index is 1.65. The van der Waals surface area contributed by atoms with E-state index in [1.54, 1.807) is 0 Å². The number of carbonyl (C=O) groups is 1. The Bertz CT molecular complexity index is 673. The maximum Gasteiger partial charge on any atom is 0.162 e. The Hall–Kier alpha value is -1.89. The minimum Gasteiger partial charge on any atom is -0.294 e. The van der Waals surface area contributed by atoms with Gasteiger partial charge in [0.2, 0.25) is 0 Å². The van der Waals surface area contributed by atoms with Gasteiger partial charge in [0.1, 0.15) is 0 Å². The van der Waals surface area contributed by atoms with Crippen LogP contribution in [0.4, 0.5) is 0 Å². The molecule has 1 heteroatoms. The van der Waals surface area contributed by atoms with Gasteiger partial charge < -0.3 is 0 Å². The first-order valence-corrected chi connectivity index (χ1v) is 9.94. The van der Waals surface area contributed by atoms with Crippen LogP contribution in [0.3, 0.4) is 0 Å². The van der Waals surface area contributed by atoms with Gasteiger partial charge in [0.05, 0.1) is 0 Å². The van der Waals surface area contributed by atoms with Gasteiger partial charge in [-0.25, -0.2) is 0 Å². The van der Waals surface area contributed by atoms with Gasteiger partial charge in [-0.1, -0.05) is 75.2 Å². The quantitative estimate of drug-likeness (QED) is 0.519. The molecule has 0 aromatic heterocycles. The van der Waals surface area contributed by atoms with E-state index in [2.05, 4.69) is 43.3 Å². The Labute approximate surface area is 152 Å². The minimum absolute atomic E-state index is 0.209. The molecule has 132 valence electrons. The predicted molar refractivity (Wildman–Crippen MR) is 106 cm³/mol. The molecule has 1 fully saturated rings. The fraction of sp³-hybridized carbons (Fsp3) is 0.458. The first-order chi connectivity index (χ1) is 12.2. The predicted octanol–water partition coefficient (Wildman–Crippen LogP) is 7.02. The van der Waals surface area contributed by atoms with Gasteiger partial charge in [0.15, 0.2) is 5.78 Å². The molecule has 0 N–H and O–H groups in total. The molecule has 3 rings (SSSR count). The molecule has 0 heterocycles. The van der Waals surface area contributed by atoms with E-state index in [1.165, 1.54) is 55.2 Å². The summed E-state index contributed by atoms with van der Waals surface area (Å²) in [6, 6.07) is 17.1. The van der Waals surface area contributed by atoms with Crippen molar-refractivity contribution in [1.82, 2.24) is 0 Å². The van der Waals surface area contributed by atoms with E-state index in [1.807, 2.05) is 19.1 Å². The summed E-state index contributed by atoms with van der Waals surface area (Å²) in [5.41, 5.74) is 4.73. The number of Topliss-reactive ketones (excluding diaryl/α,β-unsaturated/α-hetero) is 1. The average molecular weight is 335 g/mol.